The summed E-state index contributed by atoms with van der Waals surface area (Å²) in [5.41, 5.74) is 1.20. The van der Waals surface area contributed by atoms with Gasteiger partial charge in [-0.05, 0) is 5.57 Å². The maximum Gasteiger partial charge on any atom is 0.133 e. The van der Waals surface area contributed by atoms with E-state index < -0.39 is 0 Å². The average Bonchev–Trinajstić information content (AvgIpc) is 2.35. The topological polar surface area (TPSA) is 47.9 Å². The molecule has 0 heterocycles. The molecule has 0 saturated heterocycles. The summed E-state index contributed by atoms with van der Waals surface area (Å²) in [6.45, 7) is 3.61. The predicted molar refractivity (Wildman–Crippen MR) is 62.2 cm³/mol. The van der Waals surface area contributed by atoms with Crippen LogP contribution in [0.3, 0.4) is 0 Å². The van der Waals surface area contributed by atoms with E-state index >= 15 is 0 Å². The van der Waals surface area contributed by atoms with Crippen LogP contribution < -0.4 is 14.2 Å². The fourth-order valence-corrected chi connectivity index (χ4v) is 1.43. The van der Waals surface area contributed by atoms with Gasteiger partial charge in [-0.25, -0.2) is 0 Å². The number of methoxy groups -OCH3 is 3. The van der Waals surface area contributed by atoms with E-state index in [0.717, 1.165) is 0 Å². The van der Waals surface area contributed by atoms with E-state index in [4.69, 9.17) is 19.3 Å². The highest BCUT2D eigenvalue weighted by Crippen LogP contribution is 2.37. The summed E-state index contributed by atoms with van der Waals surface area (Å²) in [5.74, 6) is 1.76. The molecule has 0 fully saturated rings. The third kappa shape index (κ3) is 2.28. The third-order valence-electron chi connectivity index (χ3n) is 2.26. The smallest absolute Gasteiger partial charge is 0.133 e. The second-order valence-corrected chi connectivity index (χ2v) is 3.17. The minimum Gasteiger partial charge on any atom is -0.496 e. The van der Waals surface area contributed by atoms with Crippen molar-refractivity contribution >= 4 is 5.57 Å². The van der Waals surface area contributed by atoms with Crippen molar-refractivity contribution < 1.29 is 19.3 Å². The summed E-state index contributed by atoms with van der Waals surface area (Å²) < 4.78 is 15.6. The zero-order valence-corrected chi connectivity index (χ0v) is 9.74. The zero-order chi connectivity index (χ0) is 12.1. The number of ether oxygens (including phenoxy) is 3. The van der Waals surface area contributed by atoms with Crippen molar-refractivity contribution in [3.05, 3.63) is 24.3 Å². The first-order valence-corrected chi connectivity index (χ1v) is 4.77. The molecule has 1 rings (SSSR count). The maximum atomic E-state index is 9.11. The Morgan fingerprint density at radius 2 is 1.62 bits per heavy atom. The first-order valence-electron chi connectivity index (χ1n) is 4.77. The van der Waals surface area contributed by atoms with Crippen molar-refractivity contribution in [2.24, 2.45) is 0 Å². The summed E-state index contributed by atoms with van der Waals surface area (Å²) >= 11 is 0. The van der Waals surface area contributed by atoms with Crippen molar-refractivity contribution in [3.63, 3.8) is 0 Å². The van der Waals surface area contributed by atoms with Crippen LogP contribution in [0.1, 0.15) is 5.56 Å². The lowest BCUT2D eigenvalue weighted by molar-refractivity contribution is 0.345. The molecule has 0 unspecified atom stereocenters. The van der Waals surface area contributed by atoms with E-state index in [-0.39, 0.29) is 6.61 Å². The summed E-state index contributed by atoms with van der Waals surface area (Å²) in [6, 6.07) is 3.44. The molecule has 0 atom stereocenters. The fraction of sp³-hybridized carbons (Fsp3) is 0.333. The van der Waals surface area contributed by atoms with Crippen LogP contribution in [0.25, 0.3) is 5.57 Å². The van der Waals surface area contributed by atoms with Gasteiger partial charge in [-0.15, -0.1) is 0 Å². The third-order valence-corrected chi connectivity index (χ3v) is 2.26. The van der Waals surface area contributed by atoms with Gasteiger partial charge in [0.2, 0.25) is 0 Å². The van der Waals surface area contributed by atoms with E-state index in [1.165, 1.54) is 0 Å². The molecule has 0 aliphatic rings. The van der Waals surface area contributed by atoms with Crippen LogP contribution in [-0.4, -0.2) is 33.0 Å². The van der Waals surface area contributed by atoms with Gasteiger partial charge < -0.3 is 19.3 Å². The molecule has 1 aromatic carbocycles. The SMILES string of the molecule is C=C(CO)c1c(OC)cc(OC)cc1OC. The molecule has 0 spiro atoms. The lowest BCUT2D eigenvalue weighted by Crippen LogP contribution is -1.99. The minimum absolute atomic E-state index is 0.154. The second-order valence-electron chi connectivity index (χ2n) is 3.17. The van der Waals surface area contributed by atoms with Crippen molar-refractivity contribution in [1.82, 2.24) is 0 Å². The summed E-state index contributed by atoms with van der Waals surface area (Å²) in [7, 11) is 4.65. The largest absolute Gasteiger partial charge is 0.496 e. The van der Waals surface area contributed by atoms with E-state index in [1.807, 2.05) is 0 Å². The molecular formula is C12H16O4. The van der Waals surface area contributed by atoms with E-state index in [0.29, 0.717) is 28.4 Å². The monoisotopic (exact) mass is 224 g/mol. The second kappa shape index (κ2) is 5.42. The molecule has 0 saturated carbocycles. The highest BCUT2D eigenvalue weighted by atomic mass is 16.5. The quantitative estimate of drug-likeness (QED) is 0.827. The Kier molecular flexibility index (Phi) is 4.19. The van der Waals surface area contributed by atoms with Crippen LogP contribution in [0.2, 0.25) is 0 Å². The van der Waals surface area contributed by atoms with Crippen LogP contribution in [0.15, 0.2) is 18.7 Å². The summed E-state index contributed by atoms with van der Waals surface area (Å²) in [6.07, 6.45) is 0. The van der Waals surface area contributed by atoms with Crippen molar-refractivity contribution in [1.29, 1.82) is 0 Å². The van der Waals surface area contributed by atoms with Crippen LogP contribution in [0, 0.1) is 0 Å². The Hall–Kier alpha value is -1.68. The minimum atomic E-state index is -0.154. The molecule has 1 aromatic rings. The first kappa shape index (κ1) is 12.4. The molecule has 4 heteroatoms. The number of benzene rings is 1. The molecule has 1 N–H and O–H groups in total. The lowest BCUT2D eigenvalue weighted by atomic mass is 10.1. The Morgan fingerprint density at radius 3 is 1.94 bits per heavy atom. The van der Waals surface area contributed by atoms with Gasteiger partial charge in [0.05, 0.1) is 33.5 Å². The molecule has 0 radical (unpaired) electrons. The van der Waals surface area contributed by atoms with Crippen LogP contribution in [0.4, 0.5) is 0 Å². The number of aliphatic hydroxyl groups excluding tert-OH is 1. The molecule has 0 aliphatic carbocycles. The van der Waals surface area contributed by atoms with Gasteiger partial charge in [-0.2, -0.15) is 0 Å². The molecule has 0 amide bonds. The van der Waals surface area contributed by atoms with Gasteiger partial charge in [-0.3, -0.25) is 0 Å². The number of hydrogen-bond donors (Lipinski definition) is 1. The number of hydrogen-bond acceptors (Lipinski definition) is 4. The normalized spacial score (nSPS) is 9.75. The van der Waals surface area contributed by atoms with Gasteiger partial charge in [-0.1, -0.05) is 6.58 Å². The van der Waals surface area contributed by atoms with Crippen molar-refractivity contribution in [3.8, 4) is 17.2 Å². The molecule has 88 valence electrons. The van der Waals surface area contributed by atoms with Gasteiger partial charge >= 0.3 is 0 Å². The van der Waals surface area contributed by atoms with E-state index in [9.17, 15) is 0 Å². The molecule has 4 nitrogen and oxygen atoms in total. The van der Waals surface area contributed by atoms with Gasteiger partial charge in [0, 0.05) is 12.1 Å². The summed E-state index contributed by atoms with van der Waals surface area (Å²) in [5, 5.41) is 9.11. The highest BCUT2D eigenvalue weighted by molar-refractivity contribution is 5.75. The average molecular weight is 224 g/mol. The Labute approximate surface area is 95.1 Å². The van der Waals surface area contributed by atoms with E-state index in [1.54, 1.807) is 33.5 Å². The predicted octanol–water partition coefficient (Wildman–Crippen LogP) is 1.72. The highest BCUT2D eigenvalue weighted by Gasteiger charge is 2.15. The fourth-order valence-electron chi connectivity index (χ4n) is 1.43. The van der Waals surface area contributed by atoms with Crippen molar-refractivity contribution in [2.45, 2.75) is 0 Å². The van der Waals surface area contributed by atoms with Gasteiger partial charge in [0.1, 0.15) is 17.2 Å². The molecule has 16 heavy (non-hydrogen) atoms. The maximum absolute atomic E-state index is 9.11. The Balaban J connectivity index is 3.37. The summed E-state index contributed by atoms with van der Waals surface area (Å²) in [4.78, 5) is 0. The molecule has 0 aromatic heterocycles. The van der Waals surface area contributed by atoms with Crippen LogP contribution in [0.5, 0.6) is 17.2 Å². The molecule has 0 bridgehead atoms. The van der Waals surface area contributed by atoms with Gasteiger partial charge in [0.25, 0.3) is 0 Å². The van der Waals surface area contributed by atoms with Crippen LogP contribution in [-0.2, 0) is 0 Å². The zero-order valence-electron chi connectivity index (χ0n) is 9.74. The Bertz CT molecular complexity index is 360. The lowest BCUT2D eigenvalue weighted by Gasteiger charge is -2.15. The van der Waals surface area contributed by atoms with E-state index in [2.05, 4.69) is 6.58 Å². The molecular weight excluding hydrogens is 208 g/mol. The van der Waals surface area contributed by atoms with Crippen molar-refractivity contribution in [2.75, 3.05) is 27.9 Å². The van der Waals surface area contributed by atoms with Crippen LogP contribution >= 0.6 is 0 Å². The number of rotatable bonds is 5. The van der Waals surface area contributed by atoms with Gasteiger partial charge in [0.15, 0.2) is 0 Å². The first-order chi connectivity index (χ1) is 7.67. The Morgan fingerprint density at radius 1 is 1.12 bits per heavy atom. The standard InChI is InChI=1S/C12H16O4/c1-8(7-13)12-10(15-3)5-9(14-2)6-11(12)16-4/h5-6,13H,1,7H2,2-4H3. The number of aliphatic hydroxyl groups is 1. The molecule has 0 aliphatic heterocycles.